The lowest BCUT2D eigenvalue weighted by Gasteiger charge is -2.39. The molecule has 3 rings (SSSR count). The van der Waals surface area contributed by atoms with Crippen molar-refractivity contribution in [1.29, 1.82) is 0 Å². The summed E-state index contributed by atoms with van der Waals surface area (Å²) in [5, 5.41) is 9.60. The molecule has 0 radical (unpaired) electrons. The van der Waals surface area contributed by atoms with Gasteiger partial charge in [0.1, 0.15) is 0 Å². The summed E-state index contributed by atoms with van der Waals surface area (Å²) < 4.78 is 0. The van der Waals surface area contributed by atoms with Gasteiger partial charge in [-0.3, -0.25) is 4.98 Å². The summed E-state index contributed by atoms with van der Waals surface area (Å²) in [4.78, 5) is 16.1. The van der Waals surface area contributed by atoms with Crippen LogP contribution in [0.5, 0.6) is 0 Å². The fourth-order valence-electron chi connectivity index (χ4n) is 4.03. The predicted molar refractivity (Wildman–Crippen MR) is 100 cm³/mol. The number of rotatable bonds is 4. The van der Waals surface area contributed by atoms with Crippen LogP contribution in [0, 0.1) is 17.3 Å². The van der Waals surface area contributed by atoms with Gasteiger partial charge >= 0.3 is 6.03 Å². The van der Waals surface area contributed by atoms with E-state index in [1.807, 2.05) is 12.1 Å². The van der Waals surface area contributed by atoms with Crippen LogP contribution < -0.4 is 16.0 Å². The highest BCUT2D eigenvalue weighted by molar-refractivity contribution is 5.73. The van der Waals surface area contributed by atoms with Gasteiger partial charge in [-0.1, -0.05) is 38.5 Å². The third kappa shape index (κ3) is 4.60. The number of carbonyl (C=O) groups is 1. The molecule has 1 fully saturated rings. The first-order chi connectivity index (χ1) is 11.9. The van der Waals surface area contributed by atoms with E-state index in [1.54, 1.807) is 18.0 Å². The number of aromatic nitrogens is 1. The minimum atomic E-state index is -0.109. The zero-order valence-electron chi connectivity index (χ0n) is 15.5. The number of hydrogen-bond donors (Lipinski definition) is 3. The molecule has 2 aliphatic rings. The van der Waals surface area contributed by atoms with Crippen LogP contribution in [0.15, 0.2) is 36.2 Å². The highest BCUT2D eigenvalue weighted by atomic mass is 16.2. The molecule has 1 aromatic heterocycles. The Morgan fingerprint density at radius 2 is 2.20 bits per heavy atom. The standard InChI is InChI=1S/C20H30N4O/c1-20(2,3)18-17-10-15(9-16(17)6-8-22-18)13-24-19(25)23-12-14-5-4-7-21-11-14/h4-5,7,10-11,15-16,18,22H,6,8-9,12-13H2,1-3H3,(H2,23,24,25). The summed E-state index contributed by atoms with van der Waals surface area (Å²) in [5.74, 6) is 1.12. The number of nitrogens with one attached hydrogen (secondary N) is 3. The summed E-state index contributed by atoms with van der Waals surface area (Å²) in [6, 6.07) is 4.18. The number of nitrogens with zero attached hydrogens (tertiary/aromatic N) is 1. The van der Waals surface area contributed by atoms with Crippen molar-refractivity contribution >= 4 is 6.03 Å². The predicted octanol–water partition coefficient (Wildman–Crippen LogP) is 2.85. The number of piperidine rings is 1. The Morgan fingerprint density at radius 1 is 1.36 bits per heavy atom. The molecule has 25 heavy (non-hydrogen) atoms. The zero-order chi connectivity index (χ0) is 17.9. The fraction of sp³-hybridized carbons (Fsp3) is 0.600. The lowest BCUT2D eigenvalue weighted by Crippen LogP contribution is -2.47. The zero-order valence-corrected chi connectivity index (χ0v) is 15.5. The molecular weight excluding hydrogens is 312 g/mol. The lowest BCUT2D eigenvalue weighted by molar-refractivity contribution is 0.238. The maximum Gasteiger partial charge on any atom is 0.315 e. The molecule has 136 valence electrons. The quantitative estimate of drug-likeness (QED) is 0.737. The van der Waals surface area contributed by atoms with Crippen LogP contribution in [0.2, 0.25) is 0 Å². The van der Waals surface area contributed by atoms with Crippen molar-refractivity contribution in [2.45, 2.75) is 46.2 Å². The van der Waals surface area contributed by atoms with Crippen LogP contribution in [0.25, 0.3) is 0 Å². The van der Waals surface area contributed by atoms with Gasteiger partial charge in [0, 0.05) is 31.5 Å². The van der Waals surface area contributed by atoms with Crippen molar-refractivity contribution in [3.8, 4) is 0 Å². The van der Waals surface area contributed by atoms with E-state index in [1.165, 1.54) is 6.42 Å². The van der Waals surface area contributed by atoms with E-state index in [4.69, 9.17) is 0 Å². The van der Waals surface area contributed by atoms with Crippen LogP contribution in [-0.2, 0) is 6.54 Å². The summed E-state index contributed by atoms with van der Waals surface area (Å²) >= 11 is 0. The Balaban J connectivity index is 1.49. The molecule has 1 aliphatic heterocycles. The highest BCUT2D eigenvalue weighted by Gasteiger charge is 2.38. The van der Waals surface area contributed by atoms with Crippen LogP contribution >= 0.6 is 0 Å². The van der Waals surface area contributed by atoms with Gasteiger partial charge in [0.15, 0.2) is 0 Å². The molecule has 0 spiro atoms. The number of fused-ring (bicyclic) bond motifs is 1. The molecule has 1 aromatic rings. The van der Waals surface area contributed by atoms with Crippen molar-refractivity contribution in [2.24, 2.45) is 17.3 Å². The largest absolute Gasteiger partial charge is 0.338 e. The van der Waals surface area contributed by atoms with E-state index in [2.05, 4.69) is 47.8 Å². The maximum absolute atomic E-state index is 12.0. The number of pyridine rings is 1. The van der Waals surface area contributed by atoms with Gasteiger partial charge < -0.3 is 16.0 Å². The number of hydrogen-bond acceptors (Lipinski definition) is 3. The number of amides is 2. The van der Waals surface area contributed by atoms with Gasteiger partial charge in [0.2, 0.25) is 0 Å². The van der Waals surface area contributed by atoms with Crippen molar-refractivity contribution in [2.75, 3.05) is 13.1 Å². The first-order valence-corrected chi connectivity index (χ1v) is 9.29. The molecular formula is C20H30N4O. The topological polar surface area (TPSA) is 66.0 Å². The molecule has 3 unspecified atom stereocenters. The summed E-state index contributed by atoms with van der Waals surface area (Å²) in [5.41, 5.74) is 2.79. The van der Waals surface area contributed by atoms with Gasteiger partial charge in [-0.05, 0) is 48.3 Å². The fourth-order valence-corrected chi connectivity index (χ4v) is 4.03. The molecule has 3 atom stereocenters. The van der Waals surface area contributed by atoms with Crippen molar-refractivity contribution in [1.82, 2.24) is 20.9 Å². The SMILES string of the molecule is CC(C)(C)C1NCCC2CC(CNC(=O)NCc3cccnc3)C=C21. The summed E-state index contributed by atoms with van der Waals surface area (Å²) in [7, 11) is 0. The molecule has 0 saturated carbocycles. The molecule has 5 nitrogen and oxygen atoms in total. The first-order valence-electron chi connectivity index (χ1n) is 9.29. The summed E-state index contributed by atoms with van der Waals surface area (Å²) in [6.07, 6.45) is 8.28. The third-order valence-corrected chi connectivity index (χ3v) is 5.23. The second kappa shape index (κ2) is 7.56. The molecule has 0 bridgehead atoms. The van der Waals surface area contributed by atoms with Crippen molar-refractivity contribution in [3.05, 3.63) is 41.7 Å². The average Bonchev–Trinajstić information content (AvgIpc) is 3.01. The molecule has 2 heterocycles. The second-order valence-corrected chi connectivity index (χ2v) is 8.33. The molecule has 5 heteroatoms. The van der Waals surface area contributed by atoms with Crippen LogP contribution in [0.4, 0.5) is 4.79 Å². The Hall–Kier alpha value is -1.88. The Labute approximate surface area is 150 Å². The van der Waals surface area contributed by atoms with E-state index in [-0.39, 0.29) is 11.4 Å². The molecule has 1 saturated heterocycles. The van der Waals surface area contributed by atoms with Gasteiger partial charge in [-0.2, -0.15) is 0 Å². The van der Waals surface area contributed by atoms with Crippen molar-refractivity contribution in [3.63, 3.8) is 0 Å². The van der Waals surface area contributed by atoms with E-state index in [0.717, 1.165) is 18.5 Å². The molecule has 3 N–H and O–H groups in total. The average molecular weight is 342 g/mol. The second-order valence-electron chi connectivity index (χ2n) is 8.33. The smallest absolute Gasteiger partial charge is 0.315 e. The highest BCUT2D eigenvalue weighted by Crippen LogP contribution is 2.41. The number of carbonyl (C=O) groups excluding carboxylic acids is 1. The van der Waals surface area contributed by atoms with Crippen LogP contribution in [0.3, 0.4) is 0 Å². The molecule has 0 aromatic carbocycles. The molecule has 1 aliphatic carbocycles. The van der Waals surface area contributed by atoms with Gasteiger partial charge in [0.05, 0.1) is 0 Å². The Bertz CT molecular complexity index is 620. The molecule has 2 amide bonds. The maximum atomic E-state index is 12.0. The minimum absolute atomic E-state index is 0.109. The van der Waals surface area contributed by atoms with Gasteiger partial charge in [-0.15, -0.1) is 0 Å². The normalized spacial score (nSPS) is 25.9. The lowest BCUT2D eigenvalue weighted by atomic mass is 9.76. The summed E-state index contributed by atoms with van der Waals surface area (Å²) in [6.45, 7) is 9.19. The van der Waals surface area contributed by atoms with Crippen LogP contribution in [-0.4, -0.2) is 30.1 Å². The number of urea groups is 1. The van der Waals surface area contributed by atoms with Crippen LogP contribution in [0.1, 0.15) is 39.2 Å². The first kappa shape index (κ1) is 17.9. The minimum Gasteiger partial charge on any atom is -0.338 e. The Morgan fingerprint density at radius 3 is 2.92 bits per heavy atom. The van der Waals surface area contributed by atoms with E-state index >= 15 is 0 Å². The van der Waals surface area contributed by atoms with E-state index in [9.17, 15) is 4.79 Å². The van der Waals surface area contributed by atoms with Gasteiger partial charge in [-0.25, -0.2) is 4.79 Å². The van der Waals surface area contributed by atoms with Crippen molar-refractivity contribution < 1.29 is 4.79 Å². The third-order valence-electron chi connectivity index (χ3n) is 5.23. The van der Waals surface area contributed by atoms with E-state index < -0.39 is 0 Å². The Kier molecular flexibility index (Phi) is 5.42. The van der Waals surface area contributed by atoms with Gasteiger partial charge in [0.25, 0.3) is 0 Å². The monoisotopic (exact) mass is 342 g/mol. The van der Waals surface area contributed by atoms with E-state index in [0.29, 0.717) is 31.0 Å².